The summed E-state index contributed by atoms with van der Waals surface area (Å²) in [7, 11) is 0. The Kier molecular flexibility index (Phi) is 4.81. The van der Waals surface area contributed by atoms with E-state index in [0.29, 0.717) is 0 Å². The number of rotatable bonds is 4. The van der Waals surface area contributed by atoms with Crippen LogP contribution in [-0.2, 0) is 19.1 Å². The summed E-state index contributed by atoms with van der Waals surface area (Å²) in [5.74, 6) is -9.12. The third-order valence-corrected chi connectivity index (χ3v) is 9.41. The predicted octanol–water partition coefficient (Wildman–Crippen LogP) is 3.25. The Balaban J connectivity index is 1.93. The van der Waals surface area contributed by atoms with Crippen molar-refractivity contribution in [2.75, 3.05) is 0 Å². The molecule has 3 saturated carbocycles. The molecule has 2 aliphatic heterocycles. The minimum Gasteiger partial charge on any atom is -0.508 e. The lowest BCUT2D eigenvalue weighted by molar-refractivity contribution is -0.450. The summed E-state index contributed by atoms with van der Waals surface area (Å²) in [6, 6.07) is 0. The van der Waals surface area contributed by atoms with Crippen molar-refractivity contribution in [3.63, 3.8) is 0 Å². The maximum atomic E-state index is 14.3. The van der Waals surface area contributed by atoms with Crippen molar-refractivity contribution in [2.24, 2.45) is 22.7 Å². The van der Waals surface area contributed by atoms with E-state index < -0.39 is 57.0 Å². The van der Waals surface area contributed by atoms with Gasteiger partial charge >= 0.3 is 0 Å². The summed E-state index contributed by atoms with van der Waals surface area (Å²) < 4.78 is 12.5. The Labute approximate surface area is 209 Å². The molecule has 36 heavy (non-hydrogen) atoms. The van der Waals surface area contributed by atoms with Crippen LogP contribution in [0.2, 0.25) is 0 Å². The first-order valence-corrected chi connectivity index (χ1v) is 12.1. The molecule has 5 rings (SSSR count). The molecule has 8 atom stereocenters. The zero-order valence-electron chi connectivity index (χ0n) is 21.2. The van der Waals surface area contributed by atoms with E-state index in [1.165, 1.54) is 39.8 Å². The molecular formula is C28H32O8. The zero-order chi connectivity index (χ0) is 26.7. The zero-order valence-corrected chi connectivity index (χ0v) is 21.2. The topological polar surface area (TPSA) is 134 Å². The second-order valence-corrected chi connectivity index (χ2v) is 11.0. The molecule has 3 aliphatic carbocycles. The molecule has 2 heterocycles. The number of ketones is 2. The van der Waals surface area contributed by atoms with Gasteiger partial charge in [-0.15, -0.1) is 0 Å². The van der Waals surface area contributed by atoms with Crippen LogP contribution in [0.1, 0.15) is 41.5 Å². The molecule has 4 N–H and O–H groups in total. The van der Waals surface area contributed by atoms with Crippen LogP contribution in [0.15, 0.2) is 71.3 Å². The molecule has 0 spiro atoms. The van der Waals surface area contributed by atoms with Crippen LogP contribution in [0.25, 0.3) is 0 Å². The molecule has 5 aliphatic rings. The molecule has 0 amide bonds. The van der Waals surface area contributed by atoms with Gasteiger partial charge in [-0.25, -0.2) is 0 Å². The average Bonchev–Trinajstić information content (AvgIpc) is 3.12. The minimum absolute atomic E-state index is 0.113. The van der Waals surface area contributed by atoms with E-state index >= 15 is 0 Å². The van der Waals surface area contributed by atoms with Crippen LogP contribution < -0.4 is 0 Å². The molecule has 8 bridgehead atoms. The second kappa shape index (κ2) is 6.95. The van der Waals surface area contributed by atoms with Crippen LogP contribution in [0.5, 0.6) is 0 Å². The Hall–Kier alpha value is -2.78. The van der Waals surface area contributed by atoms with Crippen LogP contribution >= 0.6 is 0 Å². The number of hydrogen-bond donors (Lipinski definition) is 4. The van der Waals surface area contributed by atoms with Gasteiger partial charge in [0.05, 0.1) is 10.8 Å². The molecule has 0 aromatic carbocycles. The Morgan fingerprint density at radius 2 is 1.03 bits per heavy atom. The standard InChI is InChI=1S/C28H32O8/c1-7-9-11-13-15(29)17-19-23(3)22(32)18(16(30)14-12-10-8-2)20-24(4,21(17)31)28(34)25(19,5)35-27(23,33)26(20,6)36-28/h7-14,19-20,29-30,33-34H,1-6H3/b9-7+,10-8+,13-11+,14-12+,17-15?,18-16?/t19-,20-,23+,24+,25+,26+,27-,28-/m1/s1. The Morgan fingerprint density at radius 3 is 1.33 bits per heavy atom. The van der Waals surface area contributed by atoms with Gasteiger partial charge < -0.3 is 29.9 Å². The van der Waals surface area contributed by atoms with Gasteiger partial charge in [-0.1, -0.05) is 36.5 Å². The normalized spacial score (nSPS) is 51.8. The Bertz CT molecular complexity index is 1190. The highest BCUT2D eigenvalue weighted by atomic mass is 16.8. The number of allylic oxidation sites excluding steroid dienone is 8. The highest BCUT2D eigenvalue weighted by Gasteiger charge is 2.99. The van der Waals surface area contributed by atoms with Crippen LogP contribution in [-0.4, -0.2) is 54.8 Å². The largest absolute Gasteiger partial charge is 0.508 e. The number of carbonyl (C=O) groups excluding carboxylic acids is 2. The van der Waals surface area contributed by atoms with Crippen LogP contribution in [0.3, 0.4) is 0 Å². The van der Waals surface area contributed by atoms with E-state index in [4.69, 9.17) is 9.47 Å². The first-order valence-electron chi connectivity index (χ1n) is 12.1. The summed E-state index contributed by atoms with van der Waals surface area (Å²) in [6.07, 6.45) is 12.6. The summed E-state index contributed by atoms with van der Waals surface area (Å²) in [6.45, 7) is 9.48. The van der Waals surface area contributed by atoms with E-state index in [2.05, 4.69) is 0 Å². The quantitative estimate of drug-likeness (QED) is 0.265. The van der Waals surface area contributed by atoms with Gasteiger partial charge in [0.15, 0.2) is 11.6 Å². The highest BCUT2D eigenvalue weighted by Crippen LogP contribution is 2.83. The van der Waals surface area contributed by atoms with Gasteiger partial charge in [-0.3, -0.25) is 9.59 Å². The maximum absolute atomic E-state index is 14.3. The lowest BCUT2D eigenvalue weighted by Crippen LogP contribution is -2.74. The van der Waals surface area contributed by atoms with Crippen molar-refractivity contribution in [3.05, 3.63) is 71.3 Å². The molecule has 0 aromatic heterocycles. The van der Waals surface area contributed by atoms with Crippen molar-refractivity contribution in [2.45, 2.75) is 64.3 Å². The van der Waals surface area contributed by atoms with E-state index in [1.54, 1.807) is 50.3 Å². The number of Topliss-reactive ketones (excluding diaryl/α,β-unsaturated/α-hetero) is 2. The SMILES string of the molecule is C/C=C/C=C/C(O)=C1C(=O)[C@]2(C)[C@H]3C(=C(O)/C=C/C=C/C)C(=O)[C@]4(C)[C@@H]1[C@]1(C)O[C@@]4(O)[C@@]3(C)O[C@@]12O. The average molecular weight is 497 g/mol. The van der Waals surface area contributed by atoms with Gasteiger partial charge in [0.25, 0.3) is 0 Å². The maximum Gasteiger partial charge on any atom is 0.210 e. The van der Waals surface area contributed by atoms with Crippen LogP contribution in [0, 0.1) is 22.7 Å². The monoisotopic (exact) mass is 496 g/mol. The lowest BCUT2D eigenvalue weighted by Gasteiger charge is -2.58. The summed E-state index contributed by atoms with van der Waals surface area (Å²) in [5, 5.41) is 46.6. The first-order chi connectivity index (χ1) is 16.7. The van der Waals surface area contributed by atoms with Crippen molar-refractivity contribution in [1.82, 2.24) is 0 Å². The third kappa shape index (κ3) is 2.15. The fourth-order valence-corrected chi connectivity index (χ4v) is 7.94. The lowest BCUT2D eigenvalue weighted by atomic mass is 9.39. The summed E-state index contributed by atoms with van der Waals surface area (Å²) in [5.41, 5.74) is -7.52. The highest BCUT2D eigenvalue weighted by molar-refractivity contribution is 6.13. The fraction of sp³-hybridized carbons (Fsp3) is 0.500. The van der Waals surface area contributed by atoms with Crippen LogP contribution in [0.4, 0.5) is 0 Å². The molecule has 2 saturated heterocycles. The van der Waals surface area contributed by atoms with Gasteiger partial charge in [-0.05, 0) is 53.7 Å². The van der Waals surface area contributed by atoms with Crippen molar-refractivity contribution in [1.29, 1.82) is 0 Å². The smallest absolute Gasteiger partial charge is 0.210 e. The first kappa shape index (κ1) is 24.9. The molecule has 0 aromatic rings. The van der Waals surface area contributed by atoms with Crippen molar-refractivity contribution in [3.8, 4) is 0 Å². The molecule has 192 valence electrons. The third-order valence-electron chi connectivity index (χ3n) is 9.41. The van der Waals surface area contributed by atoms with Gasteiger partial charge in [0, 0.05) is 23.0 Å². The van der Waals surface area contributed by atoms with E-state index in [0.717, 1.165) is 0 Å². The van der Waals surface area contributed by atoms with Crippen molar-refractivity contribution >= 4 is 11.6 Å². The minimum atomic E-state index is -2.26. The number of aliphatic hydroxyl groups excluding tert-OH is 2. The molecular weight excluding hydrogens is 464 g/mol. The molecule has 0 unspecified atom stereocenters. The van der Waals surface area contributed by atoms with Gasteiger partial charge in [0.2, 0.25) is 11.6 Å². The molecule has 0 radical (unpaired) electrons. The number of aliphatic hydroxyl groups is 4. The summed E-state index contributed by atoms with van der Waals surface area (Å²) in [4.78, 5) is 28.7. The van der Waals surface area contributed by atoms with E-state index in [-0.39, 0.29) is 22.7 Å². The second-order valence-electron chi connectivity index (χ2n) is 11.0. The number of hydrogen-bond acceptors (Lipinski definition) is 8. The number of carbonyl (C=O) groups is 2. The summed E-state index contributed by atoms with van der Waals surface area (Å²) >= 11 is 0. The Morgan fingerprint density at radius 1 is 0.694 bits per heavy atom. The fourth-order valence-electron chi connectivity index (χ4n) is 7.94. The molecule has 8 nitrogen and oxygen atoms in total. The van der Waals surface area contributed by atoms with E-state index in [9.17, 15) is 30.0 Å². The van der Waals surface area contributed by atoms with E-state index in [1.807, 2.05) is 0 Å². The molecule has 8 heteroatoms. The van der Waals surface area contributed by atoms with Crippen molar-refractivity contribution < 1.29 is 39.5 Å². The van der Waals surface area contributed by atoms with Gasteiger partial charge in [-0.2, -0.15) is 0 Å². The predicted molar refractivity (Wildman–Crippen MR) is 129 cm³/mol. The molecule has 5 fully saturated rings. The number of ether oxygens (including phenoxy) is 2. The van der Waals surface area contributed by atoms with Gasteiger partial charge in [0.1, 0.15) is 22.7 Å².